The number of alkyl halides is 3. The molecule has 0 aliphatic heterocycles. The summed E-state index contributed by atoms with van der Waals surface area (Å²) in [4.78, 5) is 0. The molecule has 158 valence electrons. The minimum Gasteiger partial charge on any atom is -0.383 e. The Bertz CT molecular complexity index is 958. The van der Waals surface area contributed by atoms with Crippen LogP contribution in [-0.2, 0) is 19.1 Å². The molecule has 6 heteroatoms. The van der Waals surface area contributed by atoms with E-state index in [1.54, 1.807) is 0 Å². The summed E-state index contributed by atoms with van der Waals surface area (Å²) in [6, 6.07) is 22.2. The lowest BCUT2D eigenvalue weighted by Crippen LogP contribution is -2.37. The first kappa shape index (κ1) is 22.2. The Labute approximate surface area is 180 Å². The molecular formula is C24H24ClF3N2. The lowest BCUT2D eigenvalue weighted by molar-refractivity contribution is -0.137. The van der Waals surface area contributed by atoms with Crippen molar-refractivity contribution < 1.29 is 13.2 Å². The zero-order valence-electron chi connectivity index (χ0n) is 16.6. The number of hydrogen-bond acceptors (Lipinski definition) is 2. The topological polar surface area (TPSA) is 24.1 Å². The normalized spacial score (nSPS) is 12.6. The first-order chi connectivity index (χ1) is 14.3. The van der Waals surface area contributed by atoms with E-state index in [1.807, 2.05) is 43.3 Å². The highest BCUT2D eigenvalue weighted by Gasteiger charge is 2.32. The largest absolute Gasteiger partial charge is 0.417 e. The Morgan fingerprint density at radius 3 is 2.33 bits per heavy atom. The van der Waals surface area contributed by atoms with Crippen LogP contribution in [0.1, 0.15) is 22.3 Å². The molecule has 0 radical (unpaired) electrons. The highest BCUT2D eigenvalue weighted by molar-refractivity contribution is 6.31. The maximum absolute atomic E-state index is 12.9. The van der Waals surface area contributed by atoms with E-state index in [0.717, 1.165) is 18.2 Å². The third kappa shape index (κ3) is 6.51. The van der Waals surface area contributed by atoms with Gasteiger partial charge in [-0.25, -0.2) is 0 Å². The molecule has 0 saturated heterocycles. The van der Waals surface area contributed by atoms with Crippen LogP contribution in [0.2, 0.25) is 5.02 Å². The van der Waals surface area contributed by atoms with E-state index in [1.165, 1.54) is 23.3 Å². The third-order valence-corrected chi connectivity index (χ3v) is 5.14. The predicted octanol–water partition coefficient (Wildman–Crippen LogP) is 6.48. The molecule has 30 heavy (non-hydrogen) atoms. The molecule has 3 aromatic carbocycles. The number of rotatable bonds is 8. The second kappa shape index (κ2) is 10.0. The van der Waals surface area contributed by atoms with Crippen LogP contribution in [0.15, 0.2) is 72.8 Å². The number of nitrogens with one attached hydrogen (secondary N) is 2. The van der Waals surface area contributed by atoms with Gasteiger partial charge in [0.25, 0.3) is 0 Å². The van der Waals surface area contributed by atoms with Gasteiger partial charge < -0.3 is 10.6 Å². The molecule has 0 heterocycles. The standard InChI is InChI=1S/C24H24ClF3N2/c1-17-6-5-9-20(12-17)30-16-21(13-18-7-3-2-4-8-18)29-15-19-10-11-22(23(25)14-19)24(26,27)28/h2-12,14,21,29-30H,13,15-16H2,1H3/t21-/m0/s1. The van der Waals surface area contributed by atoms with Crippen molar-refractivity contribution in [1.82, 2.24) is 5.32 Å². The van der Waals surface area contributed by atoms with Gasteiger partial charge in [-0.15, -0.1) is 0 Å². The molecule has 0 aliphatic rings. The maximum atomic E-state index is 12.9. The molecule has 2 N–H and O–H groups in total. The number of aryl methyl sites for hydroxylation is 1. The summed E-state index contributed by atoms with van der Waals surface area (Å²) >= 11 is 5.86. The van der Waals surface area contributed by atoms with Crippen LogP contribution < -0.4 is 10.6 Å². The van der Waals surface area contributed by atoms with Gasteiger partial charge >= 0.3 is 6.18 Å². The molecule has 0 saturated carbocycles. The molecule has 0 aliphatic carbocycles. The molecule has 0 aromatic heterocycles. The fourth-order valence-electron chi connectivity index (χ4n) is 3.27. The van der Waals surface area contributed by atoms with Gasteiger partial charge in [-0.05, 0) is 54.3 Å². The minimum atomic E-state index is -4.45. The van der Waals surface area contributed by atoms with Crippen LogP contribution in [0.4, 0.5) is 18.9 Å². The smallest absolute Gasteiger partial charge is 0.383 e. The van der Waals surface area contributed by atoms with Gasteiger partial charge in [0.2, 0.25) is 0 Å². The van der Waals surface area contributed by atoms with Gasteiger partial charge in [0.1, 0.15) is 0 Å². The minimum absolute atomic E-state index is 0.0778. The SMILES string of the molecule is Cc1cccc(NC[C@H](Cc2ccccc2)NCc2ccc(C(F)(F)F)c(Cl)c2)c1. The molecule has 0 amide bonds. The average Bonchev–Trinajstić information content (AvgIpc) is 2.70. The Morgan fingerprint density at radius 1 is 0.900 bits per heavy atom. The number of anilines is 1. The third-order valence-electron chi connectivity index (χ3n) is 4.83. The van der Waals surface area contributed by atoms with Crippen molar-refractivity contribution in [2.24, 2.45) is 0 Å². The second-order valence-corrected chi connectivity index (χ2v) is 7.74. The first-order valence-corrected chi connectivity index (χ1v) is 10.1. The van der Waals surface area contributed by atoms with Gasteiger partial charge in [0.05, 0.1) is 10.6 Å². The van der Waals surface area contributed by atoms with Gasteiger partial charge in [-0.2, -0.15) is 13.2 Å². The summed E-state index contributed by atoms with van der Waals surface area (Å²) in [6.45, 7) is 3.14. The van der Waals surface area contributed by atoms with Crippen LogP contribution in [0.5, 0.6) is 0 Å². The lowest BCUT2D eigenvalue weighted by Gasteiger charge is -2.21. The zero-order valence-corrected chi connectivity index (χ0v) is 17.4. The summed E-state index contributed by atoms with van der Waals surface area (Å²) < 4.78 is 38.8. The van der Waals surface area contributed by atoms with Crippen molar-refractivity contribution >= 4 is 17.3 Å². The molecule has 0 unspecified atom stereocenters. The van der Waals surface area contributed by atoms with Crippen LogP contribution in [0.3, 0.4) is 0 Å². The summed E-state index contributed by atoms with van der Waals surface area (Å²) in [7, 11) is 0. The summed E-state index contributed by atoms with van der Waals surface area (Å²) in [5.41, 5.74) is 3.29. The van der Waals surface area contributed by atoms with Crippen molar-refractivity contribution in [2.45, 2.75) is 32.1 Å². The summed E-state index contributed by atoms with van der Waals surface area (Å²) in [5.74, 6) is 0. The van der Waals surface area contributed by atoms with Gasteiger partial charge in [-0.3, -0.25) is 0 Å². The average molecular weight is 433 g/mol. The number of benzene rings is 3. The monoisotopic (exact) mass is 432 g/mol. The summed E-state index contributed by atoms with van der Waals surface area (Å²) in [6.07, 6.45) is -3.66. The van der Waals surface area contributed by atoms with Crippen molar-refractivity contribution in [2.75, 3.05) is 11.9 Å². The zero-order chi connectivity index (χ0) is 21.6. The molecule has 3 rings (SSSR count). The van der Waals surface area contributed by atoms with Gasteiger partial charge in [-0.1, -0.05) is 60.1 Å². The predicted molar refractivity (Wildman–Crippen MR) is 117 cm³/mol. The Kier molecular flexibility index (Phi) is 7.40. The van der Waals surface area contributed by atoms with Crippen molar-refractivity contribution in [3.05, 3.63) is 100 Å². The maximum Gasteiger partial charge on any atom is 0.417 e. The molecule has 1 atom stereocenters. The van der Waals surface area contributed by atoms with Crippen molar-refractivity contribution in [3.63, 3.8) is 0 Å². The van der Waals surface area contributed by atoms with Crippen LogP contribution in [-0.4, -0.2) is 12.6 Å². The fraction of sp³-hybridized carbons (Fsp3) is 0.250. The second-order valence-electron chi connectivity index (χ2n) is 7.33. The van der Waals surface area contributed by atoms with E-state index in [4.69, 9.17) is 11.6 Å². The highest BCUT2D eigenvalue weighted by Crippen LogP contribution is 2.34. The highest BCUT2D eigenvalue weighted by atomic mass is 35.5. The van der Waals surface area contributed by atoms with E-state index < -0.39 is 11.7 Å². The Morgan fingerprint density at radius 2 is 1.67 bits per heavy atom. The van der Waals surface area contributed by atoms with Crippen LogP contribution in [0.25, 0.3) is 0 Å². The van der Waals surface area contributed by atoms with Gasteiger partial charge in [0, 0.05) is 24.8 Å². The van der Waals surface area contributed by atoms with E-state index in [9.17, 15) is 13.2 Å². The Hall–Kier alpha value is -2.50. The fourth-order valence-corrected chi connectivity index (χ4v) is 3.58. The summed E-state index contributed by atoms with van der Waals surface area (Å²) in [5, 5.41) is 6.62. The van der Waals surface area contributed by atoms with Gasteiger partial charge in [0.15, 0.2) is 0 Å². The molecule has 2 nitrogen and oxygen atoms in total. The number of hydrogen-bond donors (Lipinski definition) is 2. The number of halogens is 4. The molecule has 0 fully saturated rings. The van der Waals surface area contributed by atoms with E-state index >= 15 is 0 Å². The van der Waals surface area contributed by atoms with E-state index in [-0.39, 0.29) is 11.1 Å². The molecular weight excluding hydrogens is 409 g/mol. The van der Waals surface area contributed by atoms with Crippen LogP contribution >= 0.6 is 11.6 Å². The first-order valence-electron chi connectivity index (χ1n) is 9.75. The van der Waals surface area contributed by atoms with Crippen LogP contribution in [0, 0.1) is 6.92 Å². The lowest BCUT2D eigenvalue weighted by atomic mass is 10.0. The van der Waals surface area contributed by atoms with E-state index in [0.29, 0.717) is 18.7 Å². The molecule has 3 aromatic rings. The van der Waals surface area contributed by atoms with Crippen molar-refractivity contribution in [3.8, 4) is 0 Å². The Balaban J connectivity index is 1.68. The molecule has 0 spiro atoms. The quantitative estimate of drug-likeness (QED) is 0.425. The van der Waals surface area contributed by atoms with Crippen molar-refractivity contribution in [1.29, 1.82) is 0 Å². The molecule has 0 bridgehead atoms. The van der Waals surface area contributed by atoms with E-state index in [2.05, 4.69) is 28.8 Å².